The van der Waals surface area contributed by atoms with Gasteiger partial charge in [-0.15, -0.1) is 11.3 Å². The highest BCUT2D eigenvalue weighted by molar-refractivity contribution is 9.10. The molecule has 0 aromatic carbocycles. The summed E-state index contributed by atoms with van der Waals surface area (Å²) < 4.78 is 11.5. The van der Waals surface area contributed by atoms with Crippen LogP contribution in [0, 0.1) is 0 Å². The Morgan fingerprint density at radius 3 is 3.00 bits per heavy atom. The van der Waals surface area contributed by atoms with Crippen LogP contribution in [0.3, 0.4) is 0 Å². The number of thiophene rings is 1. The zero-order chi connectivity index (χ0) is 13.2. The highest BCUT2D eigenvalue weighted by atomic mass is 79.9. The summed E-state index contributed by atoms with van der Waals surface area (Å²) >= 11 is 4.96. The van der Waals surface area contributed by atoms with Crippen LogP contribution in [0.1, 0.15) is 19.7 Å². The Hall–Kier alpha value is -0.760. The molecule has 2 rings (SSSR count). The van der Waals surface area contributed by atoms with Crippen LogP contribution in [0.2, 0.25) is 0 Å². The van der Waals surface area contributed by atoms with E-state index in [1.165, 1.54) is 11.3 Å². The van der Waals surface area contributed by atoms with Crippen LogP contribution in [0.5, 0.6) is 0 Å². The predicted molar refractivity (Wildman–Crippen MR) is 73.3 cm³/mol. The molecule has 5 nitrogen and oxygen atoms in total. The largest absolute Gasteiger partial charge is 0.379 e. The van der Waals surface area contributed by atoms with E-state index in [0.29, 0.717) is 24.9 Å². The molecular weight excluding hydrogens is 318 g/mol. The molecule has 2 N–H and O–H groups in total. The van der Waals surface area contributed by atoms with Gasteiger partial charge in [0, 0.05) is 11.1 Å². The van der Waals surface area contributed by atoms with E-state index in [1.54, 1.807) is 0 Å². The molecular formula is C11H14BrN3O2S. The molecule has 0 aliphatic heterocycles. The average Bonchev–Trinajstić information content (AvgIpc) is 2.94. The van der Waals surface area contributed by atoms with Crippen LogP contribution in [-0.4, -0.2) is 23.4 Å². The normalized spacial score (nSPS) is 14.7. The summed E-state index contributed by atoms with van der Waals surface area (Å²) in [7, 11) is 0. The number of ether oxygens (including phenoxy) is 1. The van der Waals surface area contributed by atoms with Gasteiger partial charge < -0.3 is 15.0 Å². The Morgan fingerprint density at radius 1 is 1.61 bits per heavy atom. The van der Waals surface area contributed by atoms with Gasteiger partial charge in [-0.25, -0.2) is 0 Å². The molecule has 1 unspecified atom stereocenters. The van der Waals surface area contributed by atoms with Crippen molar-refractivity contribution in [2.24, 2.45) is 5.73 Å². The Morgan fingerprint density at radius 2 is 2.39 bits per heavy atom. The molecule has 2 aromatic heterocycles. The van der Waals surface area contributed by atoms with E-state index in [9.17, 15) is 0 Å². The second-order valence-corrected chi connectivity index (χ2v) is 5.85. The molecule has 0 saturated heterocycles. The van der Waals surface area contributed by atoms with Gasteiger partial charge in [0.05, 0.1) is 6.61 Å². The maximum Gasteiger partial charge on any atom is 0.269 e. The first kappa shape index (κ1) is 13.7. The van der Waals surface area contributed by atoms with Gasteiger partial charge >= 0.3 is 0 Å². The molecule has 0 bridgehead atoms. The van der Waals surface area contributed by atoms with Gasteiger partial charge in [0.1, 0.15) is 10.4 Å². The van der Waals surface area contributed by atoms with Gasteiger partial charge in [-0.3, -0.25) is 0 Å². The molecule has 0 spiro atoms. The van der Waals surface area contributed by atoms with Gasteiger partial charge in [-0.1, -0.05) is 5.16 Å². The predicted octanol–water partition coefficient (Wildman–Crippen LogP) is 2.77. The Bertz CT molecular complexity index is 524. The summed E-state index contributed by atoms with van der Waals surface area (Å²) in [5.41, 5.74) is 5.36. The molecule has 0 amide bonds. The smallest absolute Gasteiger partial charge is 0.269 e. The molecule has 2 aromatic rings. The van der Waals surface area contributed by atoms with Gasteiger partial charge in [0.2, 0.25) is 0 Å². The quantitative estimate of drug-likeness (QED) is 0.911. The standard InChI is InChI=1S/C11H14BrN3O2S/c1-3-16-6-11(2,13)10-14-9(17-15-10)8-7(12)4-5-18-8/h4-5H,3,6,13H2,1-2H3. The van der Waals surface area contributed by atoms with Crippen LogP contribution >= 0.6 is 27.3 Å². The van der Waals surface area contributed by atoms with Crippen molar-refractivity contribution in [1.82, 2.24) is 10.1 Å². The molecule has 0 fully saturated rings. The van der Waals surface area contributed by atoms with Crippen molar-refractivity contribution in [3.05, 3.63) is 21.7 Å². The SMILES string of the molecule is CCOCC(C)(N)c1noc(-c2sccc2Br)n1. The summed E-state index contributed by atoms with van der Waals surface area (Å²) in [5.74, 6) is 0.922. The summed E-state index contributed by atoms with van der Waals surface area (Å²) in [6.45, 7) is 4.70. The zero-order valence-electron chi connectivity index (χ0n) is 10.1. The van der Waals surface area contributed by atoms with Gasteiger partial charge in [-0.2, -0.15) is 4.98 Å². The molecule has 0 aliphatic carbocycles. The fourth-order valence-electron chi connectivity index (χ4n) is 1.37. The Balaban J connectivity index is 2.23. The second-order valence-electron chi connectivity index (χ2n) is 4.08. The molecule has 2 heterocycles. The number of nitrogens with two attached hydrogens (primary N) is 1. The monoisotopic (exact) mass is 331 g/mol. The molecule has 18 heavy (non-hydrogen) atoms. The van der Waals surface area contributed by atoms with Gasteiger partial charge in [-0.05, 0) is 41.2 Å². The van der Waals surface area contributed by atoms with E-state index in [4.69, 9.17) is 15.0 Å². The summed E-state index contributed by atoms with van der Waals surface area (Å²) in [5, 5.41) is 5.88. The third kappa shape index (κ3) is 2.80. The zero-order valence-corrected chi connectivity index (χ0v) is 12.5. The minimum atomic E-state index is -0.749. The Kier molecular flexibility index (Phi) is 4.16. The topological polar surface area (TPSA) is 74.2 Å². The van der Waals surface area contributed by atoms with Crippen molar-refractivity contribution in [3.63, 3.8) is 0 Å². The minimum Gasteiger partial charge on any atom is -0.379 e. The average molecular weight is 332 g/mol. The number of halogens is 1. The van der Waals surface area contributed by atoms with Gasteiger partial charge in [0.25, 0.3) is 5.89 Å². The highest BCUT2D eigenvalue weighted by Gasteiger charge is 2.28. The van der Waals surface area contributed by atoms with Crippen LogP contribution in [0.25, 0.3) is 10.8 Å². The molecule has 0 saturated carbocycles. The van der Waals surface area contributed by atoms with Crippen LogP contribution < -0.4 is 5.73 Å². The number of hydrogen-bond acceptors (Lipinski definition) is 6. The van der Waals surface area contributed by atoms with Crippen molar-refractivity contribution in [1.29, 1.82) is 0 Å². The van der Waals surface area contributed by atoms with E-state index < -0.39 is 5.54 Å². The third-order valence-corrected chi connectivity index (χ3v) is 4.18. The van der Waals surface area contributed by atoms with Crippen molar-refractivity contribution in [2.45, 2.75) is 19.4 Å². The summed E-state index contributed by atoms with van der Waals surface area (Å²) in [6, 6.07) is 1.94. The summed E-state index contributed by atoms with van der Waals surface area (Å²) in [4.78, 5) is 5.24. The highest BCUT2D eigenvalue weighted by Crippen LogP contribution is 2.33. The van der Waals surface area contributed by atoms with E-state index in [1.807, 2.05) is 25.3 Å². The molecule has 7 heteroatoms. The van der Waals surface area contributed by atoms with Crippen molar-refractivity contribution < 1.29 is 9.26 Å². The van der Waals surface area contributed by atoms with E-state index in [0.717, 1.165) is 9.35 Å². The first-order valence-corrected chi connectivity index (χ1v) is 7.16. The lowest BCUT2D eigenvalue weighted by atomic mass is 10.1. The lowest BCUT2D eigenvalue weighted by Crippen LogP contribution is -2.39. The van der Waals surface area contributed by atoms with Crippen molar-refractivity contribution >= 4 is 27.3 Å². The third-order valence-electron chi connectivity index (χ3n) is 2.35. The fraction of sp³-hybridized carbons (Fsp3) is 0.455. The molecule has 0 radical (unpaired) electrons. The molecule has 0 aliphatic rings. The van der Waals surface area contributed by atoms with Crippen LogP contribution in [0.4, 0.5) is 0 Å². The van der Waals surface area contributed by atoms with Gasteiger partial charge in [0.15, 0.2) is 5.82 Å². The van der Waals surface area contributed by atoms with Crippen molar-refractivity contribution in [3.8, 4) is 10.8 Å². The first-order valence-electron chi connectivity index (χ1n) is 5.49. The number of rotatable bonds is 5. The summed E-state index contributed by atoms with van der Waals surface area (Å²) in [6.07, 6.45) is 0. The lowest BCUT2D eigenvalue weighted by molar-refractivity contribution is 0.0962. The van der Waals surface area contributed by atoms with E-state index >= 15 is 0 Å². The number of hydrogen-bond donors (Lipinski definition) is 1. The number of aromatic nitrogens is 2. The maximum absolute atomic E-state index is 6.11. The molecule has 98 valence electrons. The van der Waals surface area contributed by atoms with E-state index in [-0.39, 0.29) is 0 Å². The Labute approximate surface area is 117 Å². The number of nitrogens with zero attached hydrogens (tertiary/aromatic N) is 2. The van der Waals surface area contributed by atoms with Crippen LogP contribution in [-0.2, 0) is 10.3 Å². The van der Waals surface area contributed by atoms with Crippen LogP contribution in [0.15, 0.2) is 20.4 Å². The molecule has 1 atom stereocenters. The maximum atomic E-state index is 6.11. The minimum absolute atomic E-state index is 0.355. The fourth-order valence-corrected chi connectivity index (χ4v) is 2.83. The first-order chi connectivity index (χ1) is 8.54. The van der Waals surface area contributed by atoms with E-state index in [2.05, 4.69) is 26.1 Å². The lowest BCUT2D eigenvalue weighted by Gasteiger charge is -2.19. The second kappa shape index (κ2) is 5.48. The van der Waals surface area contributed by atoms with Crippen molar-refractivity contribution in [2.75, 3.05) is 13.2 Å².